The van der Waals surface area contributed by atoms with Crippen LogP contribution in [0.5, 0.6) is 0 Å². The van der Waals surface area contributed by atoms with Crippen molar-refractivity contribution in [2.45, 2.75) is 44.8 Å². The number of aliphatic hydroxyl groups is 1. The van der Waals surface area contributed by atoms with E-state index in [0.29, 0.717) is 12.6 Å². The zero-order valence-electron chi connectivity index (χ0n) is 13.0. The third kappa shape index (κ3) is 3.97. The van der Waals surface area contributed by atoms with Crippen LogP contribution in [0.1, 0.15) is 44.3 Å². The fourth-order valence-electron chi connectivity index (χ4n) is 2.99. The summed E-state index contributed by atoms with van der Waals surface area (Å²) in [4.78, 5) is 2.07. The maximum atomic E-state index is 10.3. The molecule has 1 saturated carbocycles. The highest BCUT2D eigenvalue weighted by atomic mass is 16.3. The number of rotatable bonds is 5. The van der Waals surface area contributed by atoms with Gasteiger partial charge in [-0.2, -0.15) is 0 Å². The Balaban J connectivity index is 1.86. The maximum Gasteiger partial charge on any atom is 0.0914 e. The van der Waals surface area contributed by atoms with Crippen molar-refractivity contribution in [2.75, 3.05) is 25.5 Å². The highest BCUT2D eigenvalue weighted by Gasteiger charge is 2.21. The van der Waals surface area contributed by atoms with Gasteiger partial charge in [-0.25, -0.2) is 0 Å². The van der Waals surface area contributed by atoms with Gasteiger partial charge in [0.25, 0.3) is 0 Å². The quantitative estimate of drug-likeness (QED) is 0.868. The standard InChI is InChI=1S/C17H28N2O/c1-13-6-4-5-7-16(13)18-12-17(20)14-8-10-15(11-9-14)19(2)3/h8-11,13,16-18,20H,4-7,12H2,1-3H3. The van der Waals surface area contributed by atoms with Crippen LogP contribution in [-0.4, -0.2) is 31.8 Å². The van der Waals surface area contributed by atoms with Crippen molar-refractivity contribution in [3.63, 3.8) is 0 Å². The van der Waals surface area contributed by atoms with Crippen LogP contribution in [0.4, 0.5) is 5.69 Å². The lowest BCUT2D eigenvalue weighted by Gasteiger charge is -2.30. The molecule has 1 fully saturated rings. The summed E-state index contributed by atoms with van der Waals surface area (Å²) in [5, 5.41) is 13.8. The number of anilines is 1. The molecule has 1 aliphatic rings. The van der Waals surface area contributed by atoms with E-state index >= 15 is 0 Å². The van der Waals surface area contributed by atoms with Gasteiger partial charge in [-0.05, 0) is 36.5 Å². The van der Waals surface area contributed by atoms with Gasteiger partial charge in [0.2, 0.25) is 0 Å². The lowest BCUT2D eigenvalue weighted by atomic mass is 9.86. The van der Waals surface area contributed by atoms with E-state index in [1.165, 1.54) is 25.7 Å². The Bertz CT molecular complexity index is 402. The molecular weight excluding hydrogens is 248 g/mol. The average Bonchev–Trinajstić information content (AvgIpc) is 2.46. The molecule has 0 heterocycles. The molecule has 0 aliphatic heterocycles. The van der Waals surface area contributed by atoms with Gasteiger partial charge in [-0.3, -0.25) is 0 Å². The van der Waals surface area contributed by atoms with Gasteiger partial charge in [-0.15, -0.1) is 0 Å². The Labute approximate surface area is 123 Å². The average molecular weight is 276 g/mol. The van der Waals surface area contributed by atoms with Crippen molar-refractivity contribution < 1.29 is 5.11 Å². The van der Waals surface area contributed by atoms with Crippen molar-refractivity contribution >= 4 is 5.69 Å². The molecule has 3 nitrogen and oxygen atoms in total. The van der Waals surface area contributed by atoms with E-state index < -0.39 is 6.10 Å². The third-order valence-corrected chi connectivity index (χ3v) is 4.48. The lowest BCUT2D eigenvalue weighted by molar-refractivity contribution is 0.157. The van der Waals surface area contributed by atoms with Gasteiger partial charge in [0.05, 0.1) is 6.10 Å². The van der Waals surface area contributed by atoms with Crippen LogP contribution in [0.2, 0.25) is 0 Å². The molecule has 1 aromatic carbocycles. The first-order valence-electron chi connectivity index (χ1n) is 7.76. The highest BCUT2D eigenvalue weighted by molar-refractivity contribution is 5.46. The minimum atomic E-state index is -0.416. The molecule has 0 bridgehead atoms. The summed E-state index contributed by atoms with van der Waals surface area (Å²) in [6.45, 7) is 2.96. The van der Waals surface area contributed by atoms with Gasteiger partial charge in [-0.1, -0.05) is 31.9 Å². The van der Waals surface area contributed by atoms with Crippen LogP contribution >= 0.6 is 0 Å². The molecule has 0 spiro atoms. The fourth-order valence-corrected chi connectivity index (χ4v) is 2.99. The Morgan fingerprint density at radius 1 is 1.20 bits per heavy atom. The first kappa shape index (κ1) is 15.3. The molecule has 3 atom stereocenters. The molecular formula is C17H28N2O. The van der Waals surface area contributed by atoms with Crippen LogP contribution < -0.4 is 10.2 Å². The second-order valence-corrected chi connectivity index (χ2v) is 6.28. The summed E-state index contributed by atoms with van der Waals surface area (Å²) in [5.74, 6) is 0.729. The molecule has 1 aromatic rings. The van der Waals surface area contributed by atoms with Crippen LogP contribution in [0.25, 0.3) is 0 Å². The second kappa shape index (κ2) is 7.09. The smallest absolute Gasteiger partial charge is 0.0914 e. The largest absolute Gasteiger partial charge is 0.387 e. The zero-order valence-corrected chi connectivity index (χ0v) is 13.0. The SMILES string of the molecule is CC1CCCCC1NCC(O)c1ccc(N(C)C)cc1. The van der Waals surface area contributed by atoms with E-state index in [9.17, 15) is 5.11 Å². The summed E-state index contributed by atoms with van der Waals surface area (Å²) in [7, 11) is 4.05. The van der Waals surface area contributed by atoms with Crippen molar-refractivity contribution in [2.24, 2.45) is 5.92 Å². The Morgan fingerprint density at radius 3 is 2.45 bits per heavy atom. The highest BCUT2D eigenvalue weighted by Crippen LogP contribution is 2.24. The molecule has 1 aliphatic carbocycles. The summed E-state index contributed by atoms with van der Waals surface area (Å²) in [5.41, 5.74) is 2.15. The lowest BCUT2D eigenvalue weighted by Crippen LogP contribution is -2.39. The molecule has 112 valence electrons. The summed E-state index contributed by atoms with van der Waals surface area (Å²) >= 11 is 0. The van der Waals surface area contributed by atoms with Gasteiger partial charge in [0, 0.05) is 32.4 Å². The molecule has 0 amide bonds. The minimum Gasteiger partial charge on any atom is -0.387 e. The van der Waals surface area contributed by atoms with E-state index in [4.69, 9.17) is 0 Å². The topological polar surface area (TPSA) is 35.5 Å². The number of nitrogens with zero attached hydrogens (tertiary/aromatic N) is 1. The second-order valence-electron chi connectivity index (χ2n) is 6.28. The van der Waals surface area contributed by atoms with Gasteiger partial charge in [0.1, 0.15) is 0 Å². The van der Waals surface area contributed by atoms with E-state index in [1.807, 2.05) is 26.2 Å². The monoisotopic (exact) mass is 276 g/mol. The molecule has 2 N–H and O–H groups in total. The molecule has 3 heteroatoms. The van der Waals surface area contributed by atoms with Crippen molar-refractivity contribution in [1.82, 2.24) is 5.32 Å². The summed E-state index contributed by atoms with van der Waals surface area (Å²) < 4.78 is 0. The molecule has 0 aromatic heterocycles. The molecule has 0 saturated heterocycles. The maximum absolute atomic E-state index is 10.3. The number of nitrogens with one attached hydrogen (secondary N) is 1. The van der Waals surface area contributed by atoms with Gasteiger partial charge >= 0.3 is 0 Å². The molecule has 3 unspecified atom stereocenters. The number of hydrogen-bond acceptors (Lipinski definition) is 3. The first-order valence-corrected chi connectivity index (χ1v) is 7.76. The molecule has 20 heavy (non-hydrogen) atoms. The van der Waals surface area contributed by atoms with E-state index in [1.54, 1.807) is 0 Å². The Morgan fingerprint density at radius 2 is 1.85 bits per heavy atom. The van der Waals surface area contributed by atoms with Crippen LogP contribution in [0, 0.1) is 5.92 Å². The van der Waals surface area contributed by atoms with Gasteiger partial charge in [0.15, 0.2) is 0 Å². The van der Waals surface area contributed by atoms with Crippen molar-refractivity contribution in [1.29, 1.82) is 0 Å². The summed E-state index contributed by atoms with van der Waals surface area (Å²) in [6.07, 6.45) is 4.81. The van der Waals surface area contributed by atoms with Crippen molar-refractivity contribution in [3.8, 4) is 0 Å². The number of benzene rings is 1. The first-order chi connectivity index (χ1) is 9.58. The van der Waals surface area contributed by atoms with Crippen LogP contribution in [0.15, 0.2) is 24.3 Å². The predicted octanol–water partition coefficient (Wildman–Crippen LogP) is 2.95. The minimum absolute atomic E-state index is 0.416. The fraction of sp³-hybridized carbons (Fsp3) is 0.647. The van der Waals surface area contributed by atoms with E-state index in [0.717, 1.165) is 17.2 Å². The number of hydrogen-bond donors (Lipinski definition) is 2. The zero-order chi connectivity index (χ0) is 14.5. The Kier molecular flexibility index (Phi) is 5.44. The summed E-state index contributed by atoms with van der Waals surface area (Å²) in [6, 6.07) is 8.72. The van der Waals surface area contributed by atoms with Gasteiger partial charge < -0.3 is 15.3 Å². The Hall–Kier alpha value is -1.06. The molecule has 2 rings (SSSR count). The predicted molar refractivity (Wildman–Crippen MR) is 85.2 cm³/mol. The normalized spacial score (nSPS) is 24.4. The molecule has 0 radical (unpaired) electrons. The van der Waals surface area contributed by atoms with Crippen LogP contribution in [0.3, 0.4) is 0 Å². The van der Waals surface area contributed by atoms with Crippen molar-refractivity contribution in [3.05, 3.63) is 29.8 Å². The van der Waals surface area contributed by atoms with E-state index in [2.05, 4.69) is 29.3 Å². The van der Waals surface area contributed by atoms with Crippen LogP contribution in [-0.2, 0) is 0 Å². The van der Waals surface area contributed by atoms with E-state index in [-0.39, 0.29) is 0 Å². The number of aliphatic hydroxyl groups excluding tert-OH is 1. The third-order valence-electron chi connectivity index (χ3n) is 4.48.